The van der Waals surface area contributed by atoms with Gasteiger partial charge in [0, 0.05) is 31.9 Å². The van der Waals surface area contributed by atoms with E-state index < -0.39 is 0 Å². The summed E-state index contributed by atoms with van der Waals surface area (Å²) in [4.78, 5) is 26.9. The molecular weight excluding hydrogens is 244 g/mol. The lowest BCUT2D eigenvalue weighted by molar-refractivity contribution is -0.0175. The van der Waals surface area contributed by atoms with Gasteiger partial charge in [-0.3, -0.25) is 9.59 Å². The quantitative estimate of drug-likeness (QED) is 0.570. The summed E-state index contributed by atoms with van der Waals surface area (Å²) in [5.41, 5.74) is 6.93. The van der Waals surface area contributed by atoms with Gasteiger partial charge in [-0.1, -0.05) is 6.07 Å². The molecule has 1 saturated heterocycles. The minimum atomic E-state index is -0.303. The first-order valence-electron chi connectivity index (χ1n) is 6.30. The molecule has 2 amide bonds. The largest absolute Gasteiger partial charge is 0.398 e. The maximum absolute atomic E-state index is 12.4. The van der Waals surface area contributed by atoms with Crippen molar-refractivity contribution in [2.45, 2.75) is 0 Å². The number of piperazine rings is 1. The van der Waals surface area contributed by atoms with Crippen LogP contribution in [0.4, 0.5) is 5.69 Å². The smallest absolute Gasteiger partial charge is 0.278 e. The number of nitrogens with zero attached hydrogens (tertiary/aromatic N) is 3. The van der Waals surface area contributed by atoms with Crippen LogP contribution in [0.2, 0.25) is 0 Å². The van der Waals surface area contributed by atoms with E-state index in [9.17, 15) is 9.59 Å². The number of amides is 2. The van der Waals surface area contributed by atoms with Gasteiger partial charge in [-0.15, -0.1) is 0 Å². The van der Waals surface area contributed by atoms with E-state index in [0.717, 1.165) is 13.1 Å². The second-order valence-corrected chi connectivity index (χ2v) is 4.95. The second-order valence-electron chi connectivity index (χ2n) is 4.95. The van der Waals surface area contributed by atoms with Gasteiger partial charge in [0.1, 0.15) is 0 Å². The first kappa shape index (κ1) is 12.1. The number of nitrogen functional groups attached to an aromatic ring is 1. The highest BCUT2D eigenvalue weighted by molar-refractivity contribution is 6.23. The van der Waals surface area contributed by atoms with Gasteiger partial charge in [-0.25, -0.2) is 10.0 Å². The number of fused-ring (bicyclic) bond motifs is 1. The first-order chi connectivity index (χ1) is 9.09. The highest BCUT2D eigenvalue weighted by atomic mass is 16.2. The first-order valence-corrected chi connectivity index (χ1v) is 6.30. The van der Waals surface area contributed by atoms with E-state index in [2.05, 4.69) is 4.90 Å². The van der Waals surface area contributed by atoms with Crippen molar-refractivity contribution >= 4 is 17.5 Å². The Morgan fingerprint density at radius 3 is 2.37 bits per heavy atom. The van der Waals surface area contributed by atoms with Crippen molar-refractivity contribution in [3.63, 3.8) is 0 Å². The SMILES string of the molecule is CN1CCN(N2C(=O)c3cccc(N)c3C2=O)CC1. The number of likely N-dealkylation sites (N-methyl/N-ethyl adjacent to an activating group) is 1. The number of imide groups is 1. The molecule has 1 fully saturated rings. The number of benzene rings is 1. The predicted molar refractivity (Wildman–Crippen MR) is 70.4 cm³/mol. The molecule has 1 aromatic carbocycles. The lowest BCUT2D eigenvalue weighted by Gasteiger charge is -2.36. The predicted octanol–water partition coefficient (Wildman–Crippen LogP) is 0.0272. The minimum Gasteiger partial charge on any atom is -0.398 e. The molecule has 1 aromatic rings. The zero-order valence-electron chi connectivity index (χ0n) is 10.8. The van der Waals surface area contributed by atoms with Crippen molar-refractivity contribution in [3.8, 4) is 0 Å². The van der Waals surface area contributed by atoms with Gasteiger partial charge in [-0.05, 0) is 19.2 Å². The Morgan fingerprint density at radius 2 is 1.74 bits per heavy atom. The molecule has 100 valence electrons. The van der Waals surface area contributed by atoms with Crippen LogP contribution >= 0.6 is 0 Å². The fraction of sp³-hybridized carbons (Fsp3) is 0.385. The van der Waals surface area contributed by atoms with E-state index in [1.165, 1.54) is 5.01 Å². The Morgan fingerprint density at radius 1 is 1.05 bits per heavy atom. The fourth-order valence-electron chi connectivity index (χ4n) is 2.55. The summed E-state index contributed by atoms with van der Waals surface area (Å²) in [5, 5.41) is 3.05. The summed E-state index contributed by atoms with van der Waals surface area (Å²) in [7, 11) is 2.03. The molecule has 6 nitrogen and oxygen atoms in total. The number of hydrazine groups is 1. The fourth-order valence-corrected chi connectivity index (χ4v) is 2.55. The summed E-state index contributed by atoms with van der Waals surface area (Å²) in [6.45, 7) is 3.01. The molecular formula is C13H16N4O2. The van der Waals surface area contributed by atoms with E-state index in [-0.39, 0.29) is 11.8 Å². The summed E-state index contributed by atoms with van der Waals surface area (Å²) >= 11 is 0. The van der Waals surface area contributed by atoms with Crippen LogP contribution < -0.4 is 5.73 Å². The van der Waals surface area contributed by atoms with Gasteiger partial charge in [0.15, 0.2) is 0 Å². The zero-order chi connectivity index (χ0) is 13.6. The van der Waals surface area contributed by atoms with Crippen LogP contribution in [-0.2, 0) is 0 Å². The Hall–Kier alpha value is -1.92. The number of nitrogens with two attached hydrogens (primary N) is 1. The zero-order valence-corrected chi connectivity index (χ0v) is 10.8. The van der Waals surface area contributed by atoms with Gasteiger partial charge >= 0.3 is 0 Å². The summed E-state index contributed by atoms with van der Waals surface area (Å²) in [5.74, 6) is -0.570. The molecule has 0 radical (unpaired) electrons. The molecule has 6 heteroatoms. The Labute approximate surface area is 111 Å². The number of carbonyl (C=O) groups is 2. The van der Waals surface area contributed by atoms with Crippen LogP contribution in [0.15, 0.2) is 18.2 Å². The molecule has 2 N–H and O–H groups in total. The van der Waals surface area contributed by atoms with Crippen molar-refractivity contribution in [1.82, 2.24) is 14.9 Å². The summed E-state index contributed by atoms with van der Waals surface area (Å²) in [6.07, 6.45) is 0. The number of anilines is 1. The minimum absolute atomic E-state index is 0.267. The molecule has 0 atom stereocenters. The van der Waals surface area contributed by atoms with Gasteiger partial charge in [0.05, 0.1) is 11.1 Å². The van der Waals surface area contributed by atoms with Gasteiger partial charge in [0.25, 0.3) is 11.8 Å². The van der Waals surface area contributed by atoms with Gasteiger partial charge in [0.2, 0.25) is 0 Å². The van der Waals surface area contributed by atoms with E-state index in [1.807, 2.05) is 12.1 Å². The van der Waals surface area contributed by atoms with Crippen molar-refractivity contribution in [3.05, 3.63) is 29.3 Å². The third-order valence-corrected chi connectivity index (χ3v) is 3.69. The molecule has 0 unspecified atom stereocenters. The van der Waals surface area contributed by atoms with Crippen molar-refractivity contribution in [1.29, 1.82) is 0 Å². The molecule has 2 aliphatic heterocycles. The van der Waals surface area contributed by atoms with Crippen LogP contribution in [0.25, 0.3) is 0 Å². The Kier molecular flexibility index (Phi) is 2.76. The lowest BCUT2D eigenvalue weighted by atomic mass is 10.1. The molecule has 3 rings (SSSR count). The van der Waals surface area contributed by atoms with E-state index in [4.69, 9.17) is 5.73 Å². The lowest BCUT2D eigenvalue weighted by Crippen LogP contribution is -2.54. The van der Waals surface area contributed by atoms with E-state index in [1.54, 1.807) is 18.2 Å². The number of carbonyl (C=O) groups excluding carboxylic acids is 2. The molecule has 2 heterocycles. The van der Waals surface area contributed by atoms with Crippen LogP contribution in [-0.4, -0.2) is 60.0 Å². The number of rotatable bonds is 1. The maximum atomic E-state index is 12.4. The number of hydrogen-bond acceptors (Lipinski definition) is 5. The van der Waals surface area contributed by atoms with Gasteiger partial charge in [-0.2, -0.15) is 0 Å². The average molecular weight is 260 g/mol. The monoisotopic (exact) mass is 260 g/mol. The van der Waals surface area contributed by atoms with Crippen LogP contribution in [0.5, 0.6) is 0 Å². The second kappa shape index (κ2) is 4.32. The van der Waals surface area contributed by atoms with Gasteiger partial charge < -0.3 is 10.6 Å². The third kappa shape index (κ3) is 1.80. The molecule has 19 heavy (non-hydrogen) atoms. The maximum Gasteiger partial charge on any atom is 0.278 e. The summed E-state index contributed by atoms with van der Waals surface area (Å²) < 4.78 is 0. The van der Waals surface area contributed by atoms with Crippen molar-refractivity contribution in [2.75, 3.05) is 39.0 Å². The van der Waals surface area contributed by atoms with Crippen LogP contribution in [0, 0.1) is 0 Å². The number of hydrogen-bond donors (Lipinski definition) is 1. The topological polar surface area (TPSA) is 69.9 Å². The normalized spacial score (nSPS) is 21.0. The van der Waals surface area contributed by atoms with Crippen molar-refractivity contribution in [2.24, 2.45) is 0 Å². The molecule has 0 aliphatic carbocycles. The molecule has 0 saturated carbocycles. The van der Waals surface area contributed by atoms with Crippen molar-refractivity contribution < 1.29 is 9.59 Å². The molecule has 2 aliphatic rings. The standard InChI is InChI=1S/C13H16N4O2/c1-15-5-7-16(8-6-15)17-12(18)9-3-2-4-10(14)11(9)13(17)19/h2-4H,5-8,14H2,1H3. The Balaban J connectivity index is 1.92. The van der Waals surface area contributed by atoms with Crippen LogP contribution in [0.3, 0.4) is 0 Å². The molecule has 0 aromatic heterocycles. The van der Waals surface area contributed by atoms with Crippen LogP contribution in [0.1, 0.15) is 20.7 Å². The Bertz CT molecular complexity index is 550. The molecule has 0 spiro atoms. The van der Waals surface area contributed by atoms with E-state index in [0.29, 0.717) is 29.9 Å². The summed E-state index contributed by atoms with van der Waals surface area (Å²) in [6, 6.07) is 5.01. The highest BCUT2D eigenvalue weighted by Crippen LogP contribution is 2.28. The third-order valence-electron chi connectivity index (χ3n) is 3.69. The molecule has 0 bridgehead atoms. The van der Waals surface area contributed by atoms with E-state index >= 15 is 0 Å². The average Bonchev–Trinajstić information content (AvgIpc) is 2.65. The highest BCUT2D eigenvalue weighted by Gasteiger charge is 2.41.